The second-order valence-electron chi connectivity index (χ2n) is 10.6. The first kappa shape index (κ1) is 30.3. The number of rotatable bonds is 5. The van der Waals surface area contributed by atoms with E-state index in [9.17, 15) is 18.8 Å². The van der Waals surface area contributed by atoms with Gasteiger partial charge in [-0.25, -0.2) is 19.2 Å². The normalized spacial score (nSPS) is 16.9. The van der Waals surface area contributed by atoms with E-state index in [1.807, 2.05) is 63.5 Å². The molecule has 2 aliphatic heterocycles. The van der Waals surface area contributed by atoms with E-state index in [0.29, 0.717) is 18.0 Å². The minimum atomic E-state index is -0.636. The maximum Gasteiger partial charge on any atom is 0.334 e. The number of hydrazine groups is 1. The van der Waals surface area contributed by atoms with Gasteiger partial charge in [-0.15, -0.1) is 0 Å². The number of likely N-dealkylation sites (N-methyl/N-ethyl adjacent to an activating group) is 1. The number of carbonyl (C=O) groups is 3. The van der Waals surface area contributed by atoms with Gasteiger partial charge in [0.1, 0.15) is 24.3 Å². The largest absolute Gasteiger partial charge is 0.508 e. The van der Waals surface area contributed by atoms with E-state index in [1.165, 1.54) is 27.6 Å². The third kappa shape index (κ3) is 7.35. The third-order valence-corrected chi connectivity index (χ3v) is 7.16. The Morgan fingerprint density at radius 1 is 1.00 bits per heavy atom. The molecule has 0 saturated carbocycles. The molecule has 0 radical (unpaired) electrons. The highest BCUT2D eigenvalue weighted by Gasteiger charge is 2.45. The number of nitrogens with one attached hydrogen (secondary N) is 1. The Kier molecular flexibility index (Phi) is 9.64. The Labute approximate surface area is 245 Å². The lowest BCUT2D eigenvalue weighted by Gasteiger charge is -2.51. The predicted octanol–water partition coefficient (Wildman–Crippen LogP) is 3.16. The lowest BCUT2D eigenvalue weighted by atomic mass is 10.1. The van der Waals surface area contributed by atoms with Crippen molar-refractivity contribution < 1.29 is 23.9 Å². The van der Waals surface area contributed by atoms with E-state index < -0.39 is 6.17 Å². The fraction of sp³-hybridized carbons (Fsp3) is 0.323. The van der Waals surface area contributed by atoms with Crippen molar-refractivity contribution in [3.8, 4) is 5.75 Å². The monoisotopic (exact) mass is 576 g/mol. The summed E-state index contributed by atoms with van der Waals surface area (Å²) in [5, 5.41) is 14.8. The van der Waals surface area contributed by atoms with Crippen LogP contribution in [0.15, 0.2) is 72.8 Å². The molecule has 0 spiro atoms. The summed E-state index contributed by atoms with van der Waals surface area (Å²) in [5.41, 5.74) is 3.58. The zero-order valence-corrected chi connectivity index (χ0v) is 24.3. The number of aryl methyl sites for hydroxylation is 1. The third-order valence-electron chi connectivity index (χ3n) is 7.16. The zero-order chi connectivity index (χ0) is 30.4. The number of fused-ring (bicyclic) bond motifs is 1. The molecule has 0 bridgehead atoms. The molecule has 5 rings (SSSR count). The van der Waals surface area contributed by atoms with Crippen LogP contribution in [-0.4, -0.2) is 89.7 Å². The van der Waals surface area contributed by atoms with Crippen molar-refractivity contribution in [3.05, 3.63) is 95.3 Å². The number of anilines is 1. The summed E-state index contributed by atoms with van der Waals surface area (Å²) in [4.78, 5) is 43.6. The van der Waals surface area contributed by atoms with Gasteiger partial charge in [0, 0.05) is 39.9 Å². The number of phenolic OH excluding ortho intramolecular Hbond substituents is 1. The Morgan fingerprint density at radius 3 is 2.33 bits per heavy atom. The molecule has 2 N–H and O–H groups in total. The zero-order valence-electron chi connectivity index (χ0n) is 24.3. The van der Waals surface area contributed by atoms with Gasteiger partial charge in [-0.05, 0) is 42.3 Å². The van der Waals surface area contributed by atoms with Crippen molar-refractivity contribution in [3.63, 3.8) is 0 Å². The number of phenols is 1. The Morgan fingerprint density at radius 2 is 1.69 bits per heavy atom. The summed E-state index contributed by atoms with van der Waals surface area (Å²) in [6, 6.07) is 20.7. The molecule has 1 atom stereocenters. The first-order chi connectivity index (χ1) is 20.0. The van der Waals surface area contributed by atoms with Gasteiger partial charge in [0.25, 0.3) is 0 Å². The molecule has 42 heavy (non-hydrogen) atoms. The van der Waals surface area contributed by atoms with Crippen LogP contribution in [0.1, 0.15) is 16.7 Å². The second kappa shape index (κ2) is 13.3. The second-order valence-corrected chi connectivity index (χ2v) is 10.6. The van der Waals surface area contributed by atoms with Gasteiger partial charge in [0.05, 0.1) is 13.1 Å². The molecule has 0 aliphatic carbocycles. The number of piperazine rings is 1. The van der Waals surface area contributed by atoms with Crippen LogP contribution in [0.5, 0.6) is 5.75 Å². The number of hydrogen-bond donors (Lipinski definition) is 2. The van der Waals surface area contributed by atoms with Crippen molar-refractivity contribution in [2.75, 3.05) is 45.7 Å². The van der Waals surface area contributed by atoms with E-state index in [1.54, 1.807) is 40.1 Å². The van der Waals surface area contributed by atoms with E-state index in [0.717, 1.165) is 11.1 Å². The molecule has 1 unspecified atom stereocenters. The standard InChI is InChI=1S/C24H29FN6O3.C7H8O/c1-27(2)20-11-19(25)10-9-18(20)13-29-14-21-30(16-22(29)32)23(33)15-28(3)31(21)24(34)26-12-17-7-5-4-6-8-17;1-6-2-4-7(8)5-3-6/h4-11,21H,12-16H2,1-3H3,(H,26,34);2-5,8H,1H3. The fourth-order valence-corrected chi connectivity index (χ4v) is 4.94. The van der Waals surface area contributed by atoms with Gasteiger partial charge in [0.15, 0.2) is 0 Å². The number of aromatic hydroxyl groups is 1. The van der Waals surface area contributed by atoms with Crippen molar-refractivity contribution >= 4 is 23.5 Å². The van der Waals surface area contributed by atoms with Gasteiger partial charge in [-0.2, -0.15) is 0 Å². The number of hydrogen-bond acceptors (Lipinski definition) is 6. The lowest BCUT2D eigenvalue weighted by Crippen LogP contribution is -2.73. The summed E-state index contributed by atoms with van der Waals surface area (Å²) in [7, 11) is 5.30. The number of carbonyl (C=O) groups excluding carboxylic acids is 3. The Hall–Kier alpha value is -4.64. The summed E-state index contributed by atoms with van der Waals surface area (Å²) < 4.78 is 13.8. The molecule has 2 aliphatic rings. The minimum Gasteiger partial charge on any atom is -0.508 e. The van der Waals surface area contributed by atoms with Crippen LogP contribution >= 0.6 is 0 Å². The van der Waals surface area contributed by atoms with Crippen LogP contribution in [0.4, 0.5) is 14.9 Å². The molecular weight excluding hydrogens is 539 g/mol. The highest BCUT2D eigenvalue weighted by Crippen LogP contribution is 2.26. The molecule has 3 aromatic carbocycles. The van der Waals surface area contributed by atoms with Crippen molar-refractivity contribution in [1.29, 1.82) is 0 Å². The van der Waals surface area contributed by atoms with Gasteiger partial charge in [-0.3, -0.25) is 9.59 Å². The SMILES string of the molecule is CN(C)c1cc(F)ccc1CN1CC2N(CC1=O)C(=O)CN(C)N2C(=O)NCc1ccccc1.Cc1ccc(O)cc1. The predicted molar refractivity (Wildman–Crippen MR) is 158 cm³/mol. The molecule has 2 saturated heterocycles. The fourth-order valence-electron chi connectivity index (χ4n) is 4.94. The highest BCUT2D eigenvalue weighted by molar-refractivity contribution is 5.89. The first-order valence-corrected chi connectivity index (χ1v) is 13.6. The minimum absolute atomic E-state index is 0.00523. The van der Waals surface area contributed by atoms with Gasteiger partial charge in [0.2, 0.25) is 11.8 Å². The Balaban J connectivity index is 0.000000437. The van der Waals surface area contributed by atoms with Crippen LogP contribution in [0.2, 0.25) is 0 Å². The first-order valence-electron chi connectivity index (χ1n) is 13.6. The number of halogens is 1. The maximum atomic E-state index is 13.8. The molecule has 4 amide bonds. The molecule has 222 valence electrons. The molecule has 0 aromatic heterocycles. The smallest absolute Gasteiger partial charge is 0.334 e. The number of urea groups is 1. The average molecular weight is 577 g/mol. The summed E-state index contributed by atoms with van der Waals surface area (Å²) in [6.07, 6.45) is -0.636. The van der Waals surface area contributed by atoms with Crippen molar-refractivity contribution in [2.45, 2.75) is 26.2 Å². The van der Waals surface area contributed by atoms with E-state index in [-0.39, 0.29) is 49.8 Å². The molecular formula is C31H37FN6O4. The average Bonchev–Trinajstić information content (AvgIpc) is 2.96. The van der Waals surface area contributed by atoms with Crippen LogP contribution in [0.3, 0.4) is 0 Å². The van der Waals surface area contributed by atoms with Crippen LogP contribution < -0.4 is 10.2 Å². The van der Waals surface area contributed by atoms with E-state index in [4.69, 9.17) is 5.11 Å². The molecule has 2 fully saturated rings. The lowest BCUT2D eigenvalue weighted by molar-refractivity contribution is -0.178. The summed E-state index contributed by atoms with van der Waals surface area (Å²) in [6.45, 7) is 2.62. The molecule has 11 heteroatoms. The summed E-state index contributed by atoms with van der Waals surface area (Å²) in [5.74, 6) is -0.448. The van der Waals surface area contributed by atoms with Gasteiger partial charge in [-0.1, -0.05) is 54.1 Å². The highest BCUT2D eigenvalue weighted by atomic mass is 19.1. The maximum absolute atomic E-state index is 13.8. The van der Waals surface area contributed by atoms with E-state index >= 15 is 0 Å². The van der Waals surface area contributed by atoms with Crippen LogP contribution in [-0.2, 0) is 22.7 Å². The van der Waals surface area contributed by atoms with Gasteiger partial charge < -0.3 is 25.1 Å². The van der Waals surface area contributed by atoms with Gasteiger partial charge >= 0.3 is 6.03 Å². The van der Waals surface area contributed by atoms with Crippen molar-refractivity contribution in [2.24, 2.45) is 0 Å². The number of nitrogens with zero attached hydrogens (tertiary/aromatic N) is 5. The molecule has 2 heterocycles. The topological polar surface area (TPSA) is 99.7 Å². The molecule has 10 nitrogen and oxygen atoms in total. The van der Waals surface area contributed by atoms with Crippen LogP contribution in [0, 0.1) is 12.7 Å². The van der Waals surface area contributed by atoms with Crippen LogP contribution in [0.25, 0.3) is 0 Å². The molecule has 3 aromatic rings. The number of amides is 4. The number of benzene rings is 3. The quantitative estimate of drug-likeness (QED) is 0.484. The summed E-state index contributed by atoms with van der Waals surface area (Å²) >= 11 is 0. The van der Waals surface area contributed by atoms with E-state index in [2.05, 4.69) is 5.32 Å². The Bertz CT molecular complexity index is 1380. The van der Waals surface area contributed by atoms with Crippen molar-refractivity contribution in [1.82, 2.24) is 25.1 Å².